The van der Waals surface area contributed by atoms with Crippen molar-refractivity contribution in [2.24, 2.45) is 0 Å². The Bertz CT molecular complexity index is 495. The SMILES string of the molecule is C[Si](C)(C)C12[Si](C)(C)[Si](C)(C)C([Si](C)(C)[Si]1(C)C)[Si](C)(C)[Si]2(C)C. The molecular weight excluding hydrogens is 401 g/mol. The first-order valence-corrected chi connectivity index (χ1v) is 34.8. The Morgan fingerprint density at radius 1 is 0.500 bits per heavy atom. The normalized spacial score (nSPS) is 40.4. The van der Waals surface area contributed by atoms with Crippen LogP contribution < -0.4 is 0 Å². The average molecular weight is 447 g/mol. The molecule has 0 N–H and O–H groups in total. The molecule has 3 rings (SSSR count). The van der Waals surface area contributed by atoms with Crippen LogP contribution in [0.25, 0.3) is 0 Å². The van der Waals surface area contributed by atoms with Gasteiger partial charge >= 0.3 is 0 Å². The molecule has 3 saturated heterocycles. The van der Waals surface area contributed by atoms with Gasteiger partial charge in [0, 0.05) is 53.6 Å². The molecule has 0 nitrogen and oxygen atoms in total. The van der Waals surface area contributed by atoms with E-state index in [0.717, 1.165) is 3.91 Å². The Hall–Kier alpha value is 1.52. The van der Waals surface area contributed by atoms with Crippen LogP contribution in [0.4, 0.5) is 0 Å². The maximum absolute atomic E-state index is 2.95. The standard InChI is InChI=1S/C17H46Si7/c1-18(2,3)17-22(10,11)19(4,5)16(20(6,7)23(17,12)13)21(8,9)24(17,14)15/h16H,1-15H3. The highest BCUT2D eigenvalue weighted by atomic mass is 29.4. The minimum absolute atomic E-state index is 0.954. The van der Waals surface area contributed by atoms with Crippen LogP contribution >= 0.6 is 0 Å². The van der Waals surface area contributed by atoms with Crippen LogP contribution in [0.1, 0.15) is 0 Å². The number of hydrogen-bond acceptors (Lipinski definition) is 0. The fourth-order valence-corrected chi connectivity index (χ4v) is 193. The lowest BCUT2D eigenvalue weighted by Gasteiger charge is -2.87. The van der Waals surface area contributed by atoms with Crippen molar-refractivity contribution in [3.63, 3.8) is 0 Å². The minimum Gasteiger partial charge on any atom is -0.0715 e. The Balaban J connectivity index is 3.16. The number of fused-ring (bicyclic) bond motifs is 3. The lowest BCUT2D eigenvalue weighted by Crippen LogP contribution is -3.03. The van der Waals surface area contributed by atoms with E-state index in [1.807, 2.05) is 0 Å². The van der Waals surface area contributed by atoms with Gasteiger partial charge in [-0.25, -0.2) is 0 Å². The highest BCUT2D eigenvalue weighted by molar-refractivity contribution is 7.79. The second kappa shape index (κ2) is 4.92. The Morgan fingerprint density at radius 2 is 0.708 bits per heavy atom. The predicted octanol–water partition coefficient (Wildman–Crippen LogP) is 6.64. The van der Waals surface area contributed by atoms with Crippen molar-refractivity contribution in [1.82, 2.24) is 0 Å². The van der Waals surface area contributed by atoms with Crippen LogP contribution in [-0.4, -0.2) is 53.6 Å². The van der Waals surface area contributed by atoms with Gasteiger partial charge in [-0.1, -0.05) is 107 Å². The molecular formula is C17H46Si7. The lowest BCUT2D eigenvalue weighted by molar-refractivity contribution is 1.15. The van der Waals surface area contributed by atoms with Gasteiger partial charge < -0.3 is 0 Å². The monoisotopic (exact) mass is 446 g/mol. The maximum atomic E-state index is 2.95. The molecule has 0 unspecified atom stereocenters. The summed E-state index contributed by atoms with van der Waals surface area (Å²) in [6.45, 7) is 43.6. The van der Waals surface area contributed by atoms with Gasteiger partial charge in [-0.15, -0.1) is 0 Å². The summed E-state index contributed by atoms with van der Waals surface area (Å²) in [6.07, 6.45) is 0. The Morgan fingerprint density at radius 3 is 0.875 bits per heavy atom. The molecule has 3 aliphatic heterocycles. The van der Waals surface area contributed by atoms with E-state index in [1.165, 1.54) is 4.79 Å². The highest BCUT2D eigenvalue weighted by Crippen LogP contribution is 2.77. The summed E-state index contributed by atoms with van der Waals surface area (Å²) in [5, 5.41) is 0. The van der Waals surface area contributed by atoms with Crippen LogP contribution in [0.15, 0.2) is 0 Å². The van der Waals surface area contributed by atoms with Crippen LogP contribution in [-0.2, 0) is 0 Å². The first kappa shape index (κ1) is 21.8. The summed E-state index contributed by atoms with van der Waals surface area (Å²) < 4.78 is 0.954. The largest absolute Gasteiger partial charge is 0.0715 e. The van der Waals surface area contributed by atoms with Gasteiger partial charge in [-0.05, 0) is 0 Å². The molecule has 3 fully saturated rings. The summed E-state index contributed by atoms with van der Waals surface area (Å²) in [6, 6.07) is 0. The predicted molar refractivity (Wildman–Crippen MR) is 135 cm³/mol. The van der Waals surface area contributed by atoms with Gasteiger partial charge in [0.15, 0.2) is 0 Å². The number of rotatable bonds is 1. The molecule has 0 spiro atoms. The fourth-order valence-electron chi connectivity index (χ4n) is 10.4. The van der Waals surface area contributed by atoms with E-state index in [2.05, 4.69) is 98.2 Å². The summed E-state index contributed by atoms with van der Waals surface area (Å²) in [4.78, 5) is 1.31. The zero-order valence-corrected chi connectivity index (χ0v) is 26.6. The van der Waals surface area contributed by atoms with E-state index in [9.17, 15) is 0 Å². The van der Waals surface area contributed by atoms with E-state index in [0.29, 0.717) is 0 Å². The molecule has 0 aromatic carbocycles. The third-order valence-corrected chi connectivity index (χ3v) is 116. The first-order valence-electron chi connectivity index (χ1n) is 10.1. The second-order valence-corrected chi connectivity index (χ2v) is 70.4. The van der Waals surface area contributed by atoms with E-state index in [-0.39, 0.29) is 0 Å². The van der Waals surface area contributed by atoms with Gasteiger partial charge in [0.1, 0.15) is 0 Å². The van der Waals surface area contributed by atoms with E-state index in [4.69, 9.17) is 0 Å². The molecule has 0 radical (unpaired) electrons. The fraction of sp³-hybridized carbons (Fsp3) is 1.00. The second-order valence-electron chi connectivity index (χ2n) is 13.5. The third kappa shape index (κ3) is 1.75. The van der Waals surface area contributed by atoms with Gasteiger partial charge in [0.2, 0.25) is 0 Å². The molecule has 3 heterocycles. The van der Waals surface area contributed by atoms with Crippen LogP contribution in [0.2, 0.25) is 107 Å². The third-order valence-electron chi connectivity index (χ3n) is 10.9. The maximum Gasteiger partial charge on any atom is 0.0419 e. The summed E-state index contributed by atoms with van der Waals surface area (Å²) >= 11 is 0. The van der Waals surface area contributed by atoms with Gasteiger partial charge in [-0.2, -0.15) is 0 Å². The van der Waals surface area contributed by atoms with Crippen LogP contribution in [0.5, 0.6) is 0 Å². The van der Waals surface area contributed by atoms with Crippen molar-refractivity contribution in [2.45, 2.75) is 107 Å². The molecule has 7 heteroatoms. The molecule has 0 saturated carbocycles. The van der Waals surface area contributed by atoms with Gasteiger partial charge in [0.05, 0.1) is 0 Å². The van der Waals surface area contributed by atoms with Crippen molar-refractivity contribution >= 4 is 53.6 Å². The highest BCUT2D eigenvalue weighted by Gasteiger charge is 2.88. The van der Waals surface area contributed by atoms with Crippen molar-refractivity contribution in [1.29, 1.82) is 0 Å². The molecule has 0 amide bonds. The molecule has 0 aliphatic carbocycles. The van der Waals surface area contributed by atoms with Crippen LogP contribution in [0.3, 0.4) is 0 Å². The van der Waals surface area contributed by atoms with E-state index < -0.39 is 53.6 Å². The average Bonchev–Trinajstić information content (AvgIpc) is 2.20. The van der Waals surface area contributed by atoms with E-state index in [1.54, 1.807) is 0 Å². The van der Waals surface area contributed by atoms with Crippen molar-refractivity contribution in [2.75, 3.05) is 0 Å². The summed E-state index contributed by atoms with van der Waals surface area (Å²) in [5.74, 6) is 0. The van der Waals surface area contributed by atoms with Crippen molar-refractivity contribution in [3.05, 3.63) is 0 Å². The van der Waals surface area contributed by atoms with Gasteiger partial charge in [0.25, 0.3) is 0 Å². The van der Waals surface area contributed by atoms with E-state index >= 15 is 0 Å². The molecule has 2 bridgehead atoms. The molecule has 0 aromatic heterocycles. The zero-order chi connectivity index (χ0) is 19.6. The topological polar surface area (TPSA) is 0 Å². The van der Waals surface area contributed by atoms with Crippen molar-refractivity contribution < 1.29 is 0 Å². The summed E-state index contributed by atoms with van der Waals surface area (Å²) in [5.41, 5.74) is 0. The molecule has 3 aliphatic rings. The quantitative estimate of drug-likeness (QED) is 0.396. The Kier molecular flexibility index (Phi) is 4.47. The Labute approximate surface area is 160 Å². The summed E-state index contributed by atoms with van der Waals surface area (Å²) in [7, 11) is -8.45. The van der Waals surface area contributed by atoms with Crippen LogP contribution in [0, 0.1) is 0 Å². The number of hydrogen-bond donors (Lipinski definition) is 0. The molecule has 0 aromatic rings. The smallest absolute Gasteiger partial charge is 0.0419 e. The lowest BCUT2D eigenvalue weighted by atomic mass is 11.6. The first-order chi connectivity index (χ1) is 10.1. The molecule has 142 valence electrons. The zero-order valence-electron chi connectivity index (χ0n) is 19.6. The minimum atomic E-state index is -1.25. The van der Waals surface area contributed by atoms with Crippen molar-refractivity contribution in [3.8, 4) is 0 Å². The molecule has 0 atom stereocenters. The van der Waals surface area contributed by atoms with Gasteiger partial charge in [-0.3, -0.25) is 0 Å². The molecule has 24 heavy (non-hydrogen) atoms.